The second-order valence-corrected chi connectivity index (χ2v) is 6.08. The van der Waals surface area contributed by atoms with Gasteiger partial charge in [-0.25, -0.2) is 4.98 Å². The molecule has 124 valence electrons. The van der Waals surface area contributed by atoms with Crippen LogP contribution in [0.2, 0.25) is 5.02 Å². The molecule has 0 saturated heterocycles. The molecule has 0 aliphatic carbocycles. The zero-order chi connectivity index (χ0) is 17.3. The smallest absolute Gasteiger partial charge is 0.305 e. The Kier molecular flexibility index (Phi) is 4.46. The molecule has 0 aliphatic heterocycles. The topological polar surface area (TPSA) is 56.5 Å². The van der Waals surface area contributed by atoms with Crippen molar-refractivity contribution < 1.29 is 13.2 Å². The summed E-state index contributed by atoms with van der Waals surface area (Å²) >= 11 is 6.95. The number of hydrogen-bond donors (Lipinski definition) is 0. The number of pyridine rings is 2. The minimum atomic E-state index is -4.49. The van der Waals surface area contributed by atoms with Gasteiger partial charge < -0.3 is 4.57 Å². The van der Waals surface area contributed by atoms with Crippen molar-refractivity contribution in [3.63, 3.8) is 0 Å². The molecule has 0 fully saturated rings. The number of hydrogen-bond acceptors (Lipinski definition) is 5. The summed E-state index contributed by atoms with van der Waals surface area (Å²) in [6, 6.07) is 4.40. The summed E-state index contributed by atoms with van der Waals surface area (Å²) in [4.78, 5) is 7.72. The molecule has 3 heterocycles. The van der Waals surface area contributed by atoms with Gasteiger partial charge in [0.15, 0.2) is 11.0 Å². The predicted molar refractivity (Wildman–Crippen MR) is 82.6 cm³/mol. The molecule has 0 radical (unpaired) electrons. The van der Waals surface area contributed by atoms with Gasteiger partial charge >= 0.3 is 6.18 Å². The molecule has 0 spiro atoms. The maximum absolute atomic E-state index is 12.6. The Hall–Kier alpha value is -2.13. The average Bonchev–Trinajstić information content (AvgIpc) is 2.90. The van der Waals surface area contributed by atoms with E-state index in [4.69, 9.17) is 11.6 Å². The van der Waals surface area contributed by atoms with E-state index < -0.39 is 11.7 Å². The highest BCUT2D eigenvalue weighted by molar-refractivity contribution is 7.99. The Labute approximate surface area is 143 Å². The van der Waals surface area contributed by atoms with Gasteiger partial charge in [0.25, 0.3) is 0 Å². The summed E-state index contributed by atoms with van der Waals surface area (Å²) in [5, 5.41) is 8.70. The van der Waals surface area contributed by atoms with Gasteiger partial charge in [-0.3, -0.25) is 4.98 Å². The number of nitrogens with zero attached hydrogens (tertiary/aromatic N) is 5. The van der Waals surface area contributed by atoms with Crippen molar-refractivity contribution in [3.05, 3.63) is 47.4 Å². The monoisotopic (exact) mass is 371 g/mol. The largest absolute Gasteiger partial charge is 0.417 e. The van der Waals surface area contributed by atoms with Gasteiger partial charge in [-0.15, -0.1) is 10.2 Å². The van der Waals surface area contributed by atoms with Gasteiger partial charge in [0.05, 0.1) is 10.6 Å². The minimum absolute atomic E-state index is 0.0942. The molecule has 0 bridgehead atoms. The fraction of sp³-hybridized carbons (Fsp3) is 0.143. The van der Waals surface area contributed by atoms with E-state index in [2.05, 4.69) is 20.2 Å². The fourth-order valence-electron chi connectivity index (χ4n) is 1.90. The molecule has 0 amide bonds. The van der Waals surface area contributed by atoms with Crippen molar-refractivity contribution in [3.8, 4) is 11.4 Å². The summed E-state index contributed by atoms with van der Waals surface area (Å²) < 4.78 is 39.6. The summed E-state index contributed by atoms with van der Waals surface area (Å²) in [7, 11) is 1.75. The number of rotatable bonds is 3. The maximum atomic E-state index is 12.6. The van der Waals surface area contributed by atoms with E-state index in [0.29, 0.717) is 11.0 Å². The first-order valence-corrected chi connectivity index (χ1v) is 7.76. The van der Waals surface area contributed by atoms with Crippen LogP contribution in [0.1, 0.15) is 5.56 Å². The molecule has 3 aromatic rings. The molecule has 0 unspecified atom stereocenters. The van der Waals surface area contributed by atoms with Crippen molar-refractivity contribution in [1.29, 1.82) is 0 Å². The normalized spacial score (nSPS) is 11.7. The predicted octanol–water partition coefficient (Wildman–Crippen LogP) is 4.10. The van der Waals surface area contributed by atoms with E-state index in [1.54, 1.807) is 36.1 Å². The van der Waals surface area contributed by atoms with Gasteiger partial charge in [-0.1, -0.05) is 11.6 Å². The lowest BCUT2D eigenvalue weighted by Crippen LogP contribution is -2.05. The Morgan fingerprint density at radius 3 is 2.50 bits per heavy atom. The molecule has 0 saturated carbocycles. The molecule has 10 heteroatoms. The van der Waals surface area contributed by atoms with E-state index in [9.17, 15) is 13.2 Å². The molecule has 0 atom stereocenters. The first-order chi connectivity index (χ1) is 11.4. The van der Waals surface area contributed by atoms with Gasteiger partial charge in [0, 0.05) is 31.2 Å². The lowest BCUT2D eigenvalue weighted by Gasteiger charge is -2.08. The molecule has 3 aromatic heterocycles. The Morgan fingerprint density at radius 2 is 1.88 bits per heavy atom. The van der Waals surface area contributed by atoms with Crippen molar-refractivity contribution in [2.75, 3.05) is 0 Å². The lowest BCUT2D eigenvalue weighted by molar-refractivity contribution is -0.137. The van der Waals surface area contributed by atoms with Gasteiger partial charge in [-0.05, 0) is 30.0 Å². The zero-order valence-corrected chi connectivity index (χ0v) is 13.7. The Morgan fingerprint density at radius 1 is 1.17 bits per heavy atom. The second-order valence-electron chi connectivity index (χ2n) is 4.71. The highest BCUT2D eigenvalue weighted by Gasteiger charge is 2.31. The van der Waals surface area contributed by atoms with E-state index in [1.165, 1.54) is 0 Å². The van der Waals surface area contributed by atoms with Crippen LogP contribution in [0.3, 0.4) is 0 Å². The van der Waals surface area contributed by atoms with Crippen LogP contribution < -0.4 is 0 Å². The third-order valence-corrected chi connectivity index (χ3v) is 4.55. The standard InChI is InChI=1S/C14H9ClF3N5S/c1-23-11(8-2-4-19-5-3-8)21-22-13(23)24-12-10(15)6-9(7-20-12)14(16,17)18/h2-7H,1H3. The highest BCUT2D eigenvalue weighted by atomic mass is 35.5. The average molecular weight is 372 g/mol. The number of aromatic nitrogens is 5. The summed E-state index contributed by atoms with van der Waals surface area (Å²) in [6.07, 6.45) is -0.482. The van der Waals surface area contributed by atoms with Crippen molar-refractivity contribution >= 4 is 23.4 Å². The second kappa shape index (κ2) is 6.40. The van der Waals surface area contributed by atoms with E-state index in [-0.39, 0.29) is 10.0 Å². The van der Waals surface area contributed by atoms with Crippen LogP contribution in [0.25, 0.3) is 11.4 Å². The minimum Gasteiger partial charge on any atom is -0.305 e. The number of alkyl halides is 3. The first kappa shape index (κ1) is 16.7. The highest BCUT2D eigenvalue weighted by Crippen LogP contribution is 2.36. The third kappa shape index (κ3) is 3.36. The molecule has 0 N–H and O–H groups in total. The maximum Gasteiger partial charge on any atom is 0.417 e. The first-order valence-electron chi connectivity index (χ1n) is 6.56. The number of halogens is 4. The van der Waals surface area contributed by atoms with E-state index >= 15 is 0 Å². The van der Waals surface area contributed by atoms with Crippen LogP contribution in [-0.4, -0.2) is 24.7 Å². The van der Waals surface area contributed by atoms with Gasteiger partial charge in [-0.2, -0.15) is 13.2 Å². The van der Waals surface area contributed by atoms with Crippen molar-refractivity contribution in [2.24, 2.45) is 7.05 Å². The Bertz CT molecular complexity index is 867. The van der Waals surface area contributed by atoms with Crippen LogP contribution in [0.15, 0.2) is 47.0 Å². The molecule has 0 aliphatic rings. The molecule has 5 nitrogen and oxygen atoms in total. The summed E-state index contributed by atoms with van der Waals surface area (Å²) in [5.74, 6) is 0.600. The molecule has 24 heavy (non-hydrogen) atoms. The zero-order valence-electron chi connectivity index (χ0n) is 12.1. The van der Waals surface area contributed by atoms with Gasteiger partial charge in [0.1, 0.15) is 5.03 Å². The molecular formula is C14H9ClF3N5S. The quantitative estimate of drug-likeness (QED) is 0.694. The van der Waals surface area contributed by atoms with Crippen molar-refractivity contribution in [2.45, 2.75) is 16.4 Å². The molecular weight excluding hydrogens is 363 g/mol. The summed E-state index contributed by atoms with van der Waals surface area (Å²) in [6.45, 7) is 0. The van der Waals surface area contributed by atoms with Crippen LogP contribution in [-0.2, 0) is 13.2 Å². The Balaban J connectivity index is 1.89. The van der Waals surface area contributed by atoms with Crippen LogP contribution >= 0.6 is 23.4 Å². The van der Waals surface area contributed by atoms with E-state index in [1.807, 2.05) is 0 Å². The summed E-state index contributed by atoms with van der Waals surface area (Å²) in [5.41, 5.74) is -0.0781. The fourth-order valence-corrected chi connectivity index (χ4v) is 2.92. The SMILES string of the molecule is Cn1c(Sc2ncc(C(F)(F)F)cc2Cl)nnc1-c1ccncc1. The van der Waals surface area contributed by atoms with Gasteiger partial charge in [0.2, 0.25) is 0 Å². The van der Waals surface area contributed by atoms with Crippen LogP contribution in [0, 0.1) is 0 Å². The lowest BCUT2D eigenvalue weighted by atomic mass is 10.2. The third-order valence-electron chi connectivity index (χ3n) is 3.10. The molecule has 3 rings (SSSR count). The molecule has 0 aromatic carbocycles. The van der Waals surface area contributed by atoms with Crippen LogP contribution in [0.4, 0.5) is 13.2 Å². The van der Waals surface area contributed by atoms with Crippen molar-refractivity contribution in [1.82, 2.24) is 24.7 Å². The van der Waals surface area contributed by atoms with Crippen LogP contribution in [0.5, 0.6) is 0 Å². The van der Waals surface area contributed by atoms with E-state index in [0.717, 1.165) is 29.6 Å².